The lowest BCUT2D eigenvalue weighted by Gasteiger charge is -2.13. The van der Waals surface area contributed by atoms with E-state index in [2.05, 4.69) is 5.32 Å². The van der Waals surface area contributed by atoms with Gasteiger partial charge >= 0.3 is 0 Å². The Hall–Kier alpha value is -2.33. The third-order valence-electron chi connectivity index (χ3n) is 2.84. The normalized spacial score (nSPS) is 11.8. The lowest BCUT2D eigenvalue weighted by molar-refractivity contribution is 0.0951. The van der Waals surface area contributed by atoms with Gasteiger partial charge in [-0.2, -0.15) is 0 Å². The Balaban J connectivity index is 1.92. The molecule has 0 bridgehead atoms. The largest absolute Gasteiger partial charge is 0.508 e. The number of phenols is 1. The molecule has 0 heterocycles. The van der Waals surface area contributed by atoms with Gasteiger partial charge in [-0.25, -0.2) is 0 Å². The number of hydrogen-bond acceptors (Lipinski definition) is 3. The van der Waals surface area contributed by atoms with E-state index in [9.17, 15) is 4.79 Å². The van der Waals surface area contributed by atoms with E-state index < -0.39 is 0 Å². The molecule has 0 aliphatic heterocycles. The maximum atomic E-state index is 11.8. The van der Waals surface area contributed by atoms with Gasteiger partial charge in [0.1, 0.15) is 5.75 Å². The smallest absolute Gasteiger partial charge is 0.251 e. The first-order valence-corrected chi connectivity index (χ1v) is 6.04. The fourth-order valence-electron chi connectivity index (χ4n) is 1.74. The summed E-state index contributed by atoms with van der Waals surface area (Å²) in [6.45, 7) is 0.365. The van der Waals surface area contributed by atoms with E-state index in [1.807, 2.05) is 30.3 Å². The molecule has 0 fully saturated rings. The van der Waals surface area contributed by atoms with E-state index in [0.717, 1.165) is 5.56 Å². The summed E-state index contributed by atoms with van der Waals surface area (Å²) in [4.78, 5) is 11.8. The van der Waals surface area contributed by atoms with E-state index in [-0.39, 0.29) is 17.7 Å². The number of nitrogens with one attached hydrogen (secondary N) is 1. The van der Waals surface area contributed by atoms with Crippen molar-refractivity contribution in [2.45, 2.75) is 6.04 Å². The van der Waals surface area contributed by atoms with Gasteiger partial charge < -0.3 is 16.2 Å². The highest BCUT2D eigenvalue weighted by Gasteiger charge is 2.09. The molecule has 19 heavy (non-hydrogen) atoms. The van der Waals surface area contributed by atoms with Crippen molar-refractivity contribution >= 4 is 5.91 Å². The zero-order valence-electron chi connectivity index (χ0n) is 10.4. The molecular formula is C15H16N2O2. The molecule has 4 N–H and O–H groups in total. The molecule has 1 amide bonds. The Labute approximate surface area is 111 Å². The van der Waals surface area contributed by atoms with Gasteiger partial charge in [0.15, 0.2) is 0 Å². The number of aromatic hydroxyl groups is 1. The molecule has 0 aliphatic carbocycles. The van der Waals surface area contributed by atoms with Crippen molar-refractivity contribution < 1.29 is 9.90 Å². The van der Waals surface area contributed by atoms with Crippen LogP contribution in [0.3, 0.4) is 0 Å². The van der Waals surface area contributed by atoms with Crippen molar-refractivity contribution in [1.82, 2.24) is 5.32 Å². The first kappa shape index (κ1) is 13.1. The van der Waals surface area contributed by atoms with Gasteiger partial charge in [-0.05, 0) is 29.8 Å². The molecule has 4 nitrogen and oxygen atoms in total. The van der Waals surface area contributed by atoms with Crippen molar-refractivity contribution in [3.63, 3.8) is 0 Å². The van der Waals surface area contributed by atoms with Crippen LogP contribution in [0.5, 0.6) is 5.75 Å². The maximum Gasteiger partial charge on any atom is 0.251 e. The monoisotopic (exact) mass is 256 g/mol. The summed E-state index contributed by atoms with van der Waals surface area (Å²) < 4.78 is 0. The van der Waals surface area contributed by atoms with Crippen molar-refractivity contribution in [3.8, 4) is 5.75 Å². The third kappa shape index (κ3) is 3.56. The summed E-state index contributed by atoms with van der Waals surface area (Å²) in [5, 5.41) is 11.9. The highest BCUT2D eigenvalue weighted by molar-refractivity contribution is 5.94. The molecule has 4 heteroatoms. The Morgan fingerprint density at radius 3 is 2.37 bits per heavy atom. The van der Waals surface area contributed by atoms with Crippen LogP contribution >= 0.6 is 0 Å². The maximum absolute atomic E-state index is 11.8. The van der Waals surface area contributed by atoms with Crippen LogP contribution in [0.2, 0.25) is 0 Å². The first-order chi connectivity index (χ1) is 9.16. The van der Waals surface area contributed by atoms with Crippen LogP contribution in [0.4, 0.5) is 0 Å². The van der Waals surface area contributed by atoms with Gasteiger partial charge in [0.2, 0.25) is 0 Å². The molecule has 0 aliphatic rings. The van der Waals surface area contributed by atoms with Crippen LogP contribution in [0.25, 0.3) is 0 Å². The van der Waals surface area contributed by atoms with Crippen LogP contribution < -0.4 is 11.1 Å². The molecule has 0 saturated carbocycles. The van der Waals surface area contributed by atoms with Gasteiger partial charge in [0, 0.05) is 18.2 Å². The average Bonchev–Trinajstić information content (AvgIpc) is 2.46. The number of phenolic OH excluding ortho intramolecular Hbond substituents is 1. The molecular weight excluding hydrogens is 240 g/mol. The number of rotatable bonds is 4. The lowest BCUT2D eigenvalue weighted by Crippen LogP contribution is -2.31. The first-order valence-electron chi connectivity index (χ1n) is 6.04. The van der Waals surface area contributed by atoms with Gasteiger partial charge in [-0.1, -0.05) is 30.3 Å². The summed E-state index contributed by atoms with van der Waals surface area (Å²) in [7, 11) is 0. The molecule has 1 unspecified atom stereocenters. The third-order valence-corrected chi connectivity index (χ3v) is 2.84. The zero-order chi connectivity index (χ0) is 13.7. The number of carbonyl (C=O) groups excluding carboxylic acids is 1. The van der Waals surface area contributed by atoms with Crippen LogP contribution in [0.1, 0.15) is 22.0 Å². The number of amides is 1. The Morgan fingerprint density at radius 1 is 1.11 bits per heavy atom. The van der Waals surface area contributed by atoms with E-state index >= 15 is 0 Å². The predicted octanol–water partition coefficient (Wildman–Crippen LogP) is 1.82. The van der Waals surface area contributed by atoms with Crippen molar-refractivity contribution in [2.24, 2.45) is 5.73 Å². The van der Waals surface area contributed by atoms with Gasteiger partial charge in [-0.15, -0.1) is 0 Å². The molecule has 2 aromatic carbocycles. The Morgan fingerprint density at radius 2 is 1.74 bits per heavy atom. The highest BCUT2D eigenvalue weighted by Crippen LogP contribution is 2.11. The highest BCUT2D eigenvalue weighted by atomic mass is 16.3. The van der Waals surface area contributed by atoms with E-state index in [1.54, 1.807) is 12.1 Å². The minimum atomic E-state index is -0.234. The number of nitrogens with two attached hydrogens (primary N) is 1. The standard InChI is InChI=1S/C15H16N2O2/c16-14(11-4-2-1-3-5-11)10-17-15(19)12-6-8-13(18)9-7-12/h1-9,14,18H,10,16H2,(H,17,19). The van der Waals surface area contributed by atoms with E-state index in [1.165, 1.54) is 12.1 Å². The van der Waals surface area contributed by atoms with E-state index in [0.29, 0.717) is 12.1 Å². The van der Waals surface area contributed by atoms with Crippen LogP contribution in [0, 0.1) is 0 Å². The Kier molecular flexibility index (Phi) is 4.15. The molecule has 0 aromatic heterocycles. The van der Waals surface area contributed by atoms with Crippen molar-refractivity contribution in [3.05, 3.63) is 65.7 Å². The van der Waals surface area contributed by atoms with Gasteiger partial charge in [-0.3, -0.25) is 4.79 Å². The number of carbonyl (C=O) groups is 1. The summed E-state index contributed by atoms with van der Waals surface area (Å²) in [6, 6.07) is 15.5. The molecule has 0 saturated heterocycles. The minimum Gasteiger partial charge on any atom is -0.508 e. The molecule has 2 rings (SSSR count). The SMILES string of the molecule is NC(CNC(=O)c1ccc(O)cc1)c1ccccc1. The van der Waals surface area contributed by atoms with Gasteiger partial charge in [0.25, 0.3) is 5.91 Å². The van der Waals surface area contributed by atoms with Crippen LogP contribution in [-0.4, -0.2) is 17.6 Å². The predicted molar refractivity (Wildman–Crippen MR) is 73.8 cm³/mol. The molecule has 1 atom stereocenters. The molecule has 98 valence electrons. The molecule has 0 radical (unpaired) electrons. The Bertz CT molecular complexity index is 538. The minimum absolute atomic E-state index is 0.137. The summed E-state index contributed by atoms with van der Waals surface area (Å²) in [6.07, 6.45) is 0. The average molecular weight is 256 g/mol. The summed E-state index contributed by atoms with van der Waals surface area (Å²) >= 11 is 0. The second-order valence-corrected chi connectivity index (χ2v) is 4.27. The van der Waals surface area contributed by atoms with Crippen LogP contribution in [-0.2, 0) is 0 Å². The fourth-order valence-corrected chi connectivity index (χ4v) is 1.74. The molecule has 2 aromatic rings. The van der Waals surface area contributed by atoms with Crippen molar-refractivity contribution in [1.29, 1.82) is 0 Å². The van der Waals surface area contributed by atoms with Crippen LogP contribution in [0.15, 0.2) is 54.6 Å². The number of hydrogen-bond donors (Lipinski definition) is 3. The number of benzene rings is 2. The molecule has 0 spiro atoms. The summed E-state index contributed by atoms with van der Waals surface area (Å²) in [5.41, 5.74) is 7.47. The van der Waals surface area contributed by atoms with Crippen molar-refractivity contribution in [2.75, 3.05) is 6.54 Å². The van der Waals surface area contributed by atoms with E-state index in [4.69, 9.17) is 10.8 Å². The lowest BCUT2D eigenvalue weighted by atomic mass is 10.1. The van der Waals surface area contributed by atoms with Gasteiger partial charge in [0.05, 0.1) is 0 Å². The second kappa shape index (κ2) is 6.02. The summed E-state index contributed by atoms with van der Waals surface area (Å²) in [5.74, 6) is -0.0658. The topological polar surface area (TPSA) is 75.3 Å². The quantitative estimate of drug-likeness (QED) is 0.781. The second-order valence-electron chi connectivity index (χ2n) is 4.27. The fraction of sp³-hybridized carbons (Fsp3) is 0.133. The zero-order valence-corrected chi connectivity index (χ0v) is 10.4.